The molecule has 0 aromatic rings. The number of likely N-dealkylation sites (tertiary alicyclic amines) is 2. The van der Waals surface area contributed by atoms with Gasteiger partial charge < -0.3 is 15.1 Å². The highest BCUT2D eigenvalue weighted by Crippen LogP contribution is 2.23. The molecule has 0 unspecified atom stereocenters. The van der Waals surface area contributed by atoms with Crippen LogP contribution in [0.25, 0.3) is 0 Å². The molecule has 2 amide bonds. The SMILES string of the molecule is CSC1CCN(CC(=O)N(CC2CCN(C=O)CC2)C2CCNCC2)CC1. The summed E-state index contributed by atoms with van der Waals surface area (Å²) in [6.07, 6.45) is 9.72. The summed E-state index contributed by atoms with van der Waals surface area (Å²) in [6.45, 7) is 7.25. The van der Waals surface area contributed by atoms with E-state index in [2.05, 4.69) is 21.4 Å². The van der Waals surface area contributed by atoms with E-state index in [0.29, 0.717) is 24.4 Å². The van der Waals surface area contributed by atoms with E-state index in [0.717, 1.165) is 83.2 Å². The minimum absolute atomic E-state index is 0.322. The van der Waals surface area contributed by atoms with Crippen molar-refractivity contribution >= 4 is 24.1 Å². The van der Waals surface area contributed by atoms with Gasteiger partial charge in [-0.05, 0) is 76.9 Å². The van der Waals surface area contributed by atoms with Crippen LogP contribution in [0.3, 0.4) is 0 Å². The summed E-state index contributed by atoms with van der Waals surface area (Å²) in [5.41, 5.74) is 0. The Kier molecular flexibility index (Phi) is 8.27. The molecule has 3 fully saturated rings. The number of carbonyl (C=O) groups excluding carboxylic acids is 2. The number of carbonyl (C=O) groups is 2. The van der Waals surface area contributed by atoms with E-state index in [1.54, 1.807) is 0 Å². The first-order valence-corrected chi connectivity index (χ1v) is 11.9. The van der Waals surface area contributed by atoms with Crippen molar-refractivity contribution in [3.8, 4) is 0 Å². The molecule has 1 N–H and O–H groups in total. The van der Waals surface area contributed by atoms with Gasteiger partial charge in [-0.25, -0.2) is 0 Å². The summed E-state index contributed by atoms with van der Waals surface area (Å²) in [5, 5.41) is 4.19. The average molecular weight is 397 g/mol. The third-order valence-corrected chi connectivity index (χ3v) is 7.69. The summed E-state index contributed by atoms with van der Waals surface area (Å²) in [6, 6.07) is 0.381. The van der Waals surface area contributed by atoms with Gasteiger partial charge in [0, 0.05) is 30.9 Å². The minimum Gasteiger partial charge on any atom is -0.345 e. The zero-order valence-corrected chi connectivity index (χ0v) is 17.6. The van der Waals surface area contributed by atoms with Crippen molar-refractivity contribution in [3.63, 3.8) is 0 Å². The molecular weight excluding hydrogens is 360 g/mol. The molecule has 0 radical (unpaired) electrons. The molecule has 0 saturated carbocycles. The summed E-state index contributed by atoms with van der Waals surface area (Å²) < 4.78 is 0. The molecular formula is C20H36N4O2S. The van der Waals surface area contributed by atoms with Crippen LogP contribution in [0.5, 0.6) is 0 Å². The molecule has 0 atom stereocenters. The molecule has 3 aliphatic heterocycles. The van der Waals surface area contributed by atoms with Crippen LogP contribution in [-0.2, 0) is 9.59 Å². The molecule has 0 spiro atoms. The highest BCUT2D eigenvalue weighted by Gasteiger charge is 2.30. The number of amides is 2. The van der Waals surface area contributed by atoms with Crippen molar-refractivity contribution in [3.05, 3.63) is 0 Å². The number of nitrogens with one attached hydrogen (secondary N) is 1. The lowest BCUT2D eigenvalue weighted by Crippen LogP contribution is -2.52. The number of hydrogen-bond donors (Lipinski definition) is 1. The van der Waals surface area contributed by atoms with Crippen LogP contribution < -0.4 is 5.32 Å². The van der Waals surface area contributed by atoms with Gasteiger partial charge in [0.15, 0.2) is 0 Å². The topological polar surface area (TPSA) is 55.9 Å². The fourth-order valence-electron chi connectivity index (χ4n) is 4.68. The van der Waals surface area contributed by atoms with E-state index in [4.69, 9.17) is 0 Å². The Morgan fingerprint density at radius 1 is 1.07 bits per heavy atom. The Morgan fingerprint density at radius 3 is 2.33 bits per heavy atom. The number of piperidine rings is 3. The molecule has 27 heavy (non-hydrogen) atoms. The molecule has 3 aliphatic rings. The predicted molar refractivity (Wildman–Crippen MR) is 111 cm³/mol. The van der Waals surface area contributed by atoms with E-state index in [1.165, 1.54) is 12.8 Å². The Hall–Kier alpha value is -0.790. The largest absolute Gasteiger partial charge is 0.345 e. The van der Waals surface area contributed by atoms with Crippen molar-refractivity contribution in [1.29, 1.82) is 0 Å². The molecule has 3 saturated heterocycles. The first-order chi connectivity index (χ1) is 13.2. The molecule has 0 aromatic carbocycles. The van der Waals surface area contributed by atoms with E-state index < -0.39 is 0 Å². The second-order valence-corrected chi connectivity index (χ2v) is 9.46. The van der Waals surface area contributed by atoms with E-state index in [1.807, 2.05) is 16.7 Å². The molecule has 154 valence electrons. The van der Waals surface area contributed by atoms with Gasteiger partial charge in [0.25, 0.3) is 0 Å². The fraction of sp³-hybridized carbons (Fsp3) is 0.900. The maximum Gasteiger partial charge on any atom is 0.237 e. The molecule has 0 bridgehead atoms. The standard InChI is InChI=1S/C20H36N4O2S/c1-27-19-6-12-22(13-7-19)15-20(26)24(18-2-8-21-9-3-18)14-17-4-10-23(16-25)11-5-17/h16-19,21H,2-15H2,1H3. The van der Waals surface area contributed by atoms with E-state index in [-0.39, 0.29) is 0 Å². The molecule has 7 heteroatoms. The van der Waals surface area contributed by atoms with Gasteiger partial charge in [-0.1, -0.05) is 0 Å². The Balaban J connectivity index is 1.56. The van der Waals surface area contributed by atoms with Gasteiger partial charge >= 0.3 is 0 Å². The quantitative estimate of drug-likeness (QED) is 0.657. The highest BCUT2D eigenvalue weighted by atomic mass is 32.2. The van der Waals surface area contributed by atoms with Gasteiger partial charge in [0.1, 0.15) is 0 Å². The van der Waals surface area contributed by atoms with Gasteiger partial charge in [-0.15, -0.1) is 0 Å². The lowest BCUT2D eigenvalue weighted by atomic mass is 9.94. The average Bonchev–Trinajstić information content (AvgIpc) is 2.73. The number of nitrogens with zero attached hydrogens (tertiary/aromatic N) is 3. The Morgan fingerprint density at radius 2 is 1.74 bits per heavy atom. The normalized spacial score (nSPS) is 24.1. The fourth-order valence-corrected chi connectivity index (χ4v) is 5.36. The number of thioether (sulfide) groups is 1. The molecule has 3 rings (SSSR count). The summed E-state index contributed by atoms with van der Waals surface area (Å²) >= 11 is 1.96. The first-order valence-electron chi connectivity index (χ1n) is 10.6. The van der Waals surface area contributed by atoms with Crippen molar-refractivity contribution in [2.24, 2.45) is 5.92 Å². The van der Waals surface area contributed by atoms with Crippen LogP contribution in [0, 0.1) is 5.92 Å². The maximum atomic E-state index is 13.2. The van der Waals surface area contributed by atoms with Crippen molar-refractivity contribution < 1.29 is 9.59 Å². The van der Waals surface area contributed by atoms with Crippen molar-refractivity contribution in [2.75, 3.05) is 58.6 Å². The third-order valence-electron chi connectivity index (χ3n) is 6.55. The number of rotatable bonds is 7. The molecule has 6 nitrogen and oxygen atoms in total. The first kappa shape index (κ1) is 20.9. The predicted octanol–water partition coefficient (Wildman–Crippen LogP) is 1.26. The van der Waals surface area contributed by atoms with Crippen LogP contribution in [0.15, 0.2) is 0 Å². The van der Waals surface area contributed by atoms with Gasteiger partial charge in [0.2, 0.25) is 12.3 Å². The van der Waals surface area contributed by atoms with Crippen LogP contribution in [0.2, 0.25) is 0 Å². The van der Waals surface area contributed by atoms with Gasteiger partial charge in [0.05, 0.1) is 6.54 Å². The summed E-state index contributed by atoms with van der Waals surface area (Å²) in [4.78, 5) is 30.6. The lowest BCUT2D eigenvalue weighted by molar-refractivity contribution is -0.137. The minimum atomic E-state index is 0.322. The summed E-state index contributed by atoms with van der Waals surface area (Å²) in [7, 11) is 0. The molecule has 0 aromatic heterocycles. The van der Waals surface area contributed by atoms with Gasteiger partial charge in [-0.2, -0.15) is 11.8 Å². The Bertz CT molecular complexity index is 471. The Labute approximate surface area is 168 Å². The zero-order valence-electron chi connectivity index (χ0n) is 16.8. The van der Waals surface area contributed by atoms with Crippen LogP contribution in [0.4, 0.5) is 0 Å². The molecule has 3 heterocycles. The van der Waals surface area contributed by atoms with E-state index in [9.17, 15) is 9.59 Å². The third kappa shape index (κ3) is 6.09. The van der Waals surface area contributed by atoms with Gasteiger partial charge in [-0.3, -0.25) is 14.5 Å². The second-order valence-electron chi connectivity index (χ2n) is 8.32. The maximum absolute atomic E-state index is 13.2. The number of hydrogen-bond acceptors (Lipinski definition) is 5. The summed E-state index contributed by atoms with van der Waals surface area (Å²) in [5.74, 6) is 0.851. The van der Waals surface area contributed by atoms with E-state index >= 15 is 0 Å². The second kappa shape index (κ2) is 10.7. The smallest absolute Gasteiger partial charge is 0.237 e. The zero-order chi connectivity index (χ0) is 19.1. The van der Waals surface area contributed by atoms with Crippen molar-refractivity contribution in [1.82, 2.24) is 20.0 Å². The van der Waals surface area contributed by atoms with Crippen molar-refractivity contribution in [2.45, 2.75) is 49.8 Å². The van der Waals surface area contributed by atoms with Crippen LogP contribution in [-0.4, -0.2) is 96.9 Å². The molecule has 0 aliphatic carbocycles. The monoisotopic (exact) mass is 396 g/mol. The van der Waals surface area contributed by atoms with Crippen LogP contribution in [0.1, 0.15) is 38.5 Å². The highest BCUT2D eigenvalue weighted by molar-refractivity contribution is 7.99. The lowest BCUT2D eigenvalue weighted by Gasteiger charge is -2.40. The van der Waals surface area contributed by atoms with Crippen LogP contribution >= 0.6 is 11.8 Å².